The molecule has 3 aliphatic heterocycles. The van der Waals surface area contributed by atoms with E-state index in [2.05, 4.69) is 77.4 Å². The summed E-state index contributed by atoms with van der Waals surface area (Å²) in [5.41, 5.74) is 5.04. The van der Waals surface area contributed by atoms with E-state index in [4.69, 9.17) is 14.7 Å². The molecule has 0 radical (unpaired) electrons. The maximum absolute atomic E-state index is 6.31. The summed E-state index contributed by atoms with van der Waals surface area (Å²) in [5, 5.41) is 6.09. The maximum Gasteiger partial charge on any atom is 0.318 e. The molecule has 1 aromatic heterocycles. The zero-order valence-electron chi connectivity index (χ0n) is 22.5. The van der Waals surface area contributed by atoms with Crippen molar-refractivity contribution in [3.05, 3.63) is 53.2 Å². The van der Waals surface area contributed by atoms with Crippen molar-refractivity contribution in [1.82, 2.24) is 20.2 Å². The summed E-state index contributed by atoms with van der Waals surface area (Å²) >= 11 is 0. The fourth-order valence-electron chi connectivity index (χ4n) is 6.43. The Balaban J connectivity index is 1.32. The summed E-state index contributed by atoms with van der Waals surface area (Å²) in [4.78, 5) is 17.4. The Bertz CT molecular complexity index is 1250. The third kappa shape index (κ3) is 4.87. The number of anilines is 2. The molecule has 0 aliphatic carbocycles. The molecule has 0 unspecified atom stereocenters. The molecule has 1 N–H and O–H groups in total. The van der Waals surface area contributed by atoms with Gasteiger partial charge in [-0.05, 0) is 76.7 Å². The second-order valence-corrected chi connectivity index (χ2v) is 11.0. The van der Waals surface area contributed by atoms with E-state index in [1.54, 1.807) is 0 Å². The van der Waals surface area contributed by atoms with Crippen LogP contribution in [0.15, 0.2) is 36.4 Å². The monoisotopic (exact) mass is 500 g/mol. The van der Waals surface area contributed by atoms with Crippen LogP contribution in [0.25, 0.3) is 10.8 Å². The number of rotatable bonds is 6. The van der Waals surface area contributed by atoms with Crippen LogP contribution in [-0.2, 0) is 13.0 Å². The van der Waals surface area contributed by atoms with Crippen molar-refractivity contribution in [2.45, 2.75) is 57.7 Å². The first-order valence-electron chi connectivity index (χ1n) is 14.0. The quantitative estimate of drug-likeness (QED) is 0.545. The summed E-state index contributed by atoms with van der Waals surface area (Å²) in [6, 6.07) is 14.8. The minimum Gasteiger partial charge on any atom is -0.462 e. The summed E-state index contributed by atoms with van der Waals surface area (Å²) in [6.45, 7) is 7.80. The lowest BCUT2D eigenvalue weighted by atomic mass is 9.99. The number of hydrogen-bond acceptors (Lipinski definition) is 7. The van der Waals surface area contributed by atoms with Gasteiger partial charge in [0.15, 0.2) is 0 Å². The van der Waals surface area contributed by atoms with Crippen molar-refractivity contribution in [2.24, 2.45) is 0 Å². The molecule has 3 aromatic rings. The van der Waals surface area contributed by atoms with Gasteiger partial charge >= 0.3 is 6.01 Å². The molecule has 196 valence electrons. The largest absolute Gasteiger partial charge is 0.462 e. The first kappa shape index (κ1) is 24.4. The van der Waals surface area contributed by atoms with E-state index < -0.39 is 0 Å². The minimum atomic E-state index is 0.449. The average Bonchev–Trinajstić information content (AvgIpc) is 3.35. The standard InChI is InChI=1S/C30H40N6O/c1-21-7-4-8-22-9-5-11-27(28(21)22)36-18-14-25-26(19-36)32-30(37-20-24-10-6-15-34(24)3)33-29(25)35-16-12-23(31-2)13-17-35/h4-5,7-9,11,23-24,31H,6,10,12-20H2,1-3H3/t24-/m0/s1. The van der Waals surface area contributed by atoms with Gasteiger partial charge in [0.25, 0.3) is 0 Å². The van der Waals surface area contributed by atoms with Crippen LogP contribution in [0.3, 0.4) is 0 Å². The second kappa shape index (κ2) is 10.5. The molecule has 1 atom stereocenters. The molecule has 7 nitrogen and oxygen atoms in total. The fraction of sp³-hybridized carbons (Fsp3) is 0.533. The lowest BCUT2D eigenvalue weighted by Gasteiger charge is -2.37. The van der Waals surface area contributed by atoms with Gasteiger partial charge in [-0.25, -0.2) is 0 Å². The highest BCUT2D eigenvalue weighted by atomic mass is 16.5. The van der Waals surface area contributed by atoms with Crippen LogP contribution in [0.2, 0.25) is 0 Å². The zero-order valence-corrected chi connectivity index (χ0v) is 22.5. The van der Waals surface area contributed by atoms with Gasteiger partial charge in [-0.15, -0.1) is 0 Å². The SMILES string of the molecule is CNC1CCN(c2nc(OC[C@@H]3CCCN3C)nc3c2CCN(c2cccc4cccc(C)c24)C3)CC1. The van der Waals surface area contributed by atoms with E-state index in [9.17, 15) is 0 Å². The van der Waals surface area contributed by atoms with Crippen molar-refractivity contribution in [2.75, 3.05) is 56.7 Å². The summed E-state index contributed by atoms with van der Waals surface area (Å²) < 4.78 is 6.31. The Morgan fingerprint density at radius 1 is 0.973 bits per heavy atom. The van der Waals surface area contributed by atoms with Crippen LogP contribution in [0.1, 0.15) is 42.5 Å². The molecule has 0 amide bonds. The lowest BCUT2D eigenvalue weighted by molar-refractivity contribution is 0.187. The van der Waals surface area contributed by atoms with E-state index in [1.807, 2.05) is 0 Å². The Morgan fingerprint density at radius 3 is 2.54 bits per heavy atom. The molecule has 4 heterocycles. The predicted molar refractivity (Wildman–Crippen MR) is 151 cm³/mol. The highest BCUT2D eigenvalue weighted by Crippen LogP contribution is 2.36. The number of ether oxygens (including phenoxy) is 1. The summed E-state index contributed by atoms with van der Waals surface area (Å²) in [5.74, 6) is 1.10. The highest BCUT2D eigenvalue weighted by molar-refractivity contribution is 5.97. The molecule has 0 bridgehead atoms. The van der Waals surface area contributed by atoms with E-state index in [0.717, 1.165) is 63.5 Å². The number of aromatic nitrogens is 2. The van der Waals surface area contributed by atoms with Crippen molar-refractivity contribution in [3.8, 4) is 6.01 Å². The van der Waals surface area contributed by atoms with Crippen molar-refractivity contribution >= 4 is 22.3 Å². The van der Waals surface area contributed by atoms with Crippen LogP contribution >= 0.6 is 0 Å². The molecular weight excluding hydrogens is 460 g/mol. The number of nitrogens with one attached hydrogen (secondary N) is 1. The number of fused-ring (bicyclic) bond motifs is 2. The Labute approximate surface area is 220 Å². The Kier molecular flexibility index (Phi) is 6.91. The van der Waals surface area contributed by atoms with E-state index in [-0.39, 0.29) is 0 Å². The normalized spacial score (nSPS) is 21.0. The van der Waals surface area contributed by atoms with E-state index in [0.29, 0.717) is 24.7 Å². The smallest absolute Gasteiger partial charge is 0.318 e. The van der Waals surface area contributed by atoms with Crippen molar-refractivity contribution in [3.63, 3.8) is 0 Å². The highest BCUT2D eigenvalue weighted by Gasteiger charge is 2.29. The van der Waals surface area contributed by atoms with E-state index in [1.165, 1.54) is 40.4 Å². The van der Waals surface area contributed by atoms with Crippen LogP contribution in [0.5, 0.6) is 6.01 Å². The molecule has 6 rings (SSSR count). The molecule has 7 heteroatoms. The van der Waals surface area contributed by atoms with Gasteiger partial charge in [0.1, 0.15) is 12.4 Å². The van der Waals surface area contributed by atoms with Crippen LogP contribution in [0.4, 0.5) is 11.5 Å². The number of nitrogens with zero attached hydrogens (tertiary/aromatic N) is 5. The Morgan fingerprint density at radius 2 is 1.78 bits per heavy atom. The number of benzene rings is 2. The first-order chi connectivity index (χ1) is 18.1. The third-order valence-electron chi connectivity index (χ3n) is 8.73. The third-order valence-corrected chi connectivity index (χ3v) is 8.73. The minimum absolute atomic E-state index is 0.449. The molecule has 0 spiro atoms. The molecule has 3 aliphatic rings. The summed E-state index contributed by atoms with van der Waals surface area (Å²) in [6.07, 6.45) is 5.64. The average molecular weight is 501 g/mol. The molecule has 0 saturated carbocycles. The summed E-state index contributed by atoms with van der Waals surface area (Å²) in [7, 11) is 4.26. The van der Waals surface area contributed by atoms with Gasteiger partial charge < -0.3 is 24.8 Å². The molecule has 2 aromatic carbocycles. The van der Waals surface area contributed by atoms with Gasteiger partial charge in [-0.1, -0.05) is 30.3 Å². The number of hydrogen-bond donors (Lipinski definition) is 1. The fourth-order valence-corrected chi connectivity index (χ4v) is 6.43. The van der Waals surface area contributed by atoms with Crippen LogP contribution in [-0.4, -0.2) is 73.8 Å². The lowest BCUT2D eigenvalue weighted by Crippen LogP contribution is -2.43. The number of likely N-dealkylation sites (N-methyl/N-ethyl adjacent to an activating group) is 1. The van der Waals surface area contributed by atoms with E-state index >= 15 is 0 Å². The number of likely N-dealkylation sites (tertiary alicyclic amines) is 1. The molecule has 2 fully saturated rings. The first-order valence-corrected chi connectivity index (χ1v) is 14.0. The van der Waals surface area contributed by atoms with Crippen molar-refractivity contribution in [1.29, 1.82) is 0 Å². The second-order valence-electron chi connectivity index (χ2n) is 11.0. The van der Waals surface area contributed by atoms with Gasteiger partial charge in [0.05, 0.1) is 12.2 Å². The topological polar surface area (TPSA) is 56.8 Å². The van der Waals surface area contributed by atoms with Crippen LogP contribution in [0, 0.1) is 6.92 Å². The van der Waals surface area contributed by atoms with Gasteiger partial charge in [-0.2, -0.15) is 9.97 Å². The zero-order chi connectivity index (χ0) is 25.4. The van der Waals surface area contributed by atoms with Gasteiger partial charge in [0.2, 0.25) is 0 Å². The Hall–Kier alpha value is -2.90. The molecule has 37 heavy (non-hydrogen) atoms. The predicted octanol–water partition coefficient (Wildman–Crippen LogP) is 4.16. The van der Waals surface area contributed by atoms with Crippen LogP contribution < -0.4 is 19.9 Å². The van der Waals surface area contributed by atoms with Gasteiger partial charge in [-0.3, -0.25) is 0 Å². The number of piperidine rings is 1. The van der Waals surface area contributed by atoms with Crippen molar-refractivity contribution < 1.29 is 4.74 Å². The molecule has 2 saturated heterocycles. The van der Waals surface area contributed by atoms with Gasteiger partial charge in [0, 0.05) is 48.4 Å². The molecular formula is C30H40N6O. The number of aryl methyl sites for hydroxylation is 1. The maximum atomic E-state index is 6.31.